The molecule has 1 aromatic carbocycles. The number of aromatic nitrogens is 2. The number of hydrogen-bond donors (Lipinski definition) is 1. The first-order valence-electron chi connectivity index (χ1n) is 6.69. The molecule has 0 radical (unpaired) electrons. The Morgan fingerprint density at radius 3 is 2.90 bits per heavy atom. The number of halogens is 2. The van der Waals surface area contributed by atoms with Crippen LogP contribution < -0.4 is 5.32 Å². The van der Waals surface area contributed by atoms with Crippen LogP contribution in [0.1, 0.15) is 25.7 Å². The Hall–Kier alpha value is -0.910. The lowest BCUT2D eigenvalue weighted by Gasteiger charge is -2.00. The number of hydrogen-bond acceptors (Lipinski definition) is 4. The molecule has 1 N–H and O–H groups in total. The average molecular weight is 359 g/mol. The fourth-order valence-corrected chi connectivity index (χ4v) is 2.65. The number of aryl methyl sites for hydroxylation is 1. The van der Waals surface area contributed by atoms with Gasteiger partial charge >= 0.3 is 0 Å². The van der Waals surface area contributed by atoms with Crippen molar-refractivity contribution >= 4 is 27.5 Å². The molecular formula is C14H17BrClN3O. The van der Waals surface area contributed by atoms with Gasteiger partial charge in [-0.1, -0.05) is 18.5 Å². The largest absolute Gasteiger partial charge is 0.421 e. The molecule has 0 bridgehead atoms. The Balaban J connectivity index is 1.95. The van der Waals surface area contributed by atoms with Crippen LogP contribution in [-0.2, 0) is 6.42 Å². The lowest BCUT2D eigenvalue weighted by Crippen LogP contribution is -2.16. The summed E-state index contributed by atoms with van der Waals surface area (Å²) in [7, 11) is 0. The van der Waals surface area contributed by atoms with Crippen LogP contribution in [0.4, 0.5) is 0 Å². The van der Waals surface area contributed by atoms with E-state index in [1.54, 1.807) is 6.07 Å². The summed E-state index contributed by atoms with van der Waals surface area (Å²) >= 11 is 9.37. The molecule has 0 saturated carbocycles. The summed E-state index contributed by atoms with van der Waals surface area (Å²) in [4.78, 5) is 0. The Labute approximate surface area is 132 Å². The molecule has 0 aliphatic rings. The summed E-state index contributed by atoms with van der Waals surface area (Å²) in [6.45, 7) is 4.17. The minimum absolute atomic E-state index is 0.519. The third-order valence-electron chi connectivity index (χ3n) is 2.80. The number of nitrogens with one attached hydrogen (secondary N) is 1. The van der Waals surface area contributed by atoms with Crippen LogP contribution in [0, 0.1) is 0 Å². The maximum Gasteiger partial charge on any atom is 0.248 e. The van der Waals surface area contributed by atoms with E-state index >= 15 is 0 Å². The molecule has 108 valence electrons. The van der Waals surface area contributed by atoms with Crippen LogP contribution in [0.2, 0.25) is 5.02 Å². The van der Waals surface area contributed by atoms with E-state index in [2.05, 4.69) is 38.4 Å². The summed E-state index contributed by atoms with van der Waals surface area (Å²) in [5.41, 5.74) is 0.859. The van der Waals surface area contributed by atoms with Gasteiger partial charge in [0.1, 0.15) is 0 Å². The zero-order valence-electron chi connectivity index (χ0n) is 11.3. The molecule has 20 heavy (non-hydrogen) atoms. The summed E-state index contributed by atoms with van der Waals surface area (Å²) in [6.07, 6.45) is 2.92. The summed E-state index contributed by atoms with van der Waals surface area (Å²) in [5.74, 6) is 1.19. The predicted octanol–water partition coefficient (Wildman–Crippen LogP) is 4.08. The van der Waals surface area contributed by atoms with Crippen molar-refractivity contribution in [2.45, 2.75) is 26.2 Å². The molecule has 0 atom stereocenters. The standard InChI is InChI=1S/C14H17BrClN3O/c1-2-7-17-8-3-4-13-18-19-14(20-13)11-6-5-10(16)9-12(11)15/h5-6,9,17H,2-4,7-8H2,1H3. The Morgan fingerprint density at radius 1 is 1.30 bits per heavy atom. The first kappa shape index (κ1) is 15.5. The number of benzene rings is 1. The van der Waals surface area contributed by atoms with Gasteiger partial charge in [0, 0.05) is 15.9 Å². The van der Waals surface area contributed by atoms with Crippen LogP contribution in [0.25, 0.3) is 11.5 Å². The van der Waals surface area contributed by atoms with Crippen molar-refractivity contribution < 1.29 is 4.42 Å². The highest BCUT2D eigenvalue weighted by atomic mass is 79.9. The van der Waals surface area contributed by atoms with Gasteiger partial charge in [-0.3, -0.25) is 0 Å². The minimum atomic E-state index is 0.519. The molecule has 2 aromatic rings. The van der Waals surface area contributed by atoms with Gasteiger partial charge in [-0.15, -0.1) is 10.2 Å². The predicted molar refractivity (Wildman–Crippen MR) is 83.9 cm³/mol. The Morgan fingerprint density at radius 2 is 2.15 bits per heavy atom. The minimum Gasteiger partial charge on any atom is -0.421 e. The summed E-state index contributed by atoms with van der Waals surface area (Å²) in [6, 6.07) is 5.49. The topological polar surface area (TPSA) is 51.0 Å². The van der Waals surface area contributed by atoms with E-state index in [-0.39, 0.29) is 0 Å². The lowest BCUT2D eigenvalue weighted by atomic mass is 10.2. The van der Waals surface area contributed by atoms with Crippen LogP contribution in [0.15, 0.2) is 27.1 Å². The van der Waals surface area contributed by atoms with Crippen molar-refractivity contribution in [2.24, 2.45) is 0 Å². The molecule has 1 aromatic heterocycles. The molecule has 6 heteroatoms. The van der Waals surface area contributed by atoms with Gasteiger partial charge in [0.15, 0.2) is 0 Å². The molecule has 0 amide bonds. The van der Waals surface area contributed by atoms with E-state index in [0.717, 1.165) is 42.4 Å². The summed E-state index contributed by atoms with van der Waals surface area (Å²) in [5, 5.41) is 12.2. The number of nitrogens with zero attached hydrogens (tertiary/aromatic N) is 2. The van der Waals surface area contributed by atoms with E-state index in [9.17, 15) is 0 Å². The summed E-state index contributed by atoms with van der Waals surface area (Å²) < 4.78 is 6.53. The van der Waals surface area contributed by atoms with E-state index < -0.39 is 0 Å². The second kappa shape index (κ2) is 7.76. The number of rotatable bonds is 7. The van der Waals surface area contributed by atoms with Crippen molar-refractivity contribution in [3.63, 3.8) is 0 Å². The third kappa shape index (κ3) is 4.30. The monoisotopic (exact) mass is 357 g/mol. The molecule has 0 fully saturated rings. The molecular weight excluding hydrogens is 342 g/mol. The fraction of sp³-hybridized carbons (Fsp3) is 0.429. The van der Waals surface area contributed by atoms with Crippen LogP contribution in [0.3, 0.4) is 0 Å². The molecule has 1 heterocycles. The lowest BCUT2D eigenvalue weighted by molar-refractivity contribution is 0.491. The van der Waals surface area contributed by atoms with Crippen molar-refractivity contribution in [2.75, 3.05) is 13.1 Å². The Kier molecular flexibility index (Phi) is 6.01. The van der Waals surface area contributed by atoms with Gasteiger partial charge in [-0.05, 0) is 60.1 Å². The SMILES string of the molecule is CCCNCCCc1nnc(-c2ccc(Cl)cc2Br)o1. The normalized spacial score (nSPS) is 10.9. The maximum atomic E-state index is 5.92. The highest BCUT2D eigenvalue weighted by Gasteiger charge is 2.11. The highest BCUT2D eigenvalue weighted by Crippen LogP contribution is 2.29. The zero-order valence-corrected chi connectivity index (χ0v) is 13.7. The van der Waals surface area contributed by atoms with Crippen molar-refractivity contribution in [1.29, 1.82) is 0 Å². The van der Waals surface area contributed by atoms with Gasteiger partial charge in [-0.2, -0.15) is 0 Å². The van der Waals surface area contributed by atoms with Crippen molar-refractivity contribution in [3.05, 3.63) is 33.6 Å². The van der Waals surface area contributed by atoms with E-state index in [1.807, 2.05) is 12.1 Å². The third-order valence-corrected chi connectivity index (χ3v) is 3.69. The molecule has 0 unspecified atom stereocenters. The van der Waals surface area contributed by atoms with E-state index in [1.165, 1.54) is 0 Å². The fourth-order valence-electron chi connectivity index (χ4n) is 1.79. The van der Waals surface area contributed by atoms with E-state index in [4.69, 9.17) is 16.0 Å². The molecule has 4 nitrogen and oxygen atoms in total. The molecule has 0 spiro atoms. The van der Waals surface area contributed by atoms with Gasteiger partial charge in [0.2, 0.25) is 11.8 Å². The quantitative estimate of drug-likeness (QED) is 0.758. The zero-order chi connectivity index (χ0) is 14.4. The Bertz CT molecular complexity index is 559. The van der Waals surface area contributed by atoms with Crippen LogP contribution >= 0.6 is 27.5 Å². The molecule has 0 aliphatic heterocycles. The second-order valence-electron chi connectivity index (χ2n) is 4.48. The second-order valence-corrected chi connectivity index (χ2v) is 5.77. The van der Waals surface area contributed by atoms with Crippen molar-refractivity contribution in [1.82, 2.24) is 15.5 Å². The first-order chi connectivity index (χ1) is 9.70. The maximum absolute atomic E-state index is 5.92. The molecule has 0 saturated heterocycles. The van der Waals surface area contributed by atoms with Gasteiger partial charge in [0.25, 0.3) is 0 Å². The average Bonchev–Trinajstić information content (AvgIpc) is 2.87. The van der Waals surface area contributed by atoms with Crippen LogP contribution in [0.5, 0.6) is 0 Å². The first-order valence-corrected chi connectivity index (χ1v) is 7.86. The van der Waals surface area contributed by atoms with E-state index in [0.29, 0.717) is 16.8 Å². The smallest absolute Gasteiger partial charge is 0.248 e. The molecule has 2 rings (SSSR count). The van der Waals surface area contributed by atoms with Gasteiger partial charge in [0.05, 0.1) is 5.56 Å². The van der Waals surface area contributed by atoms with Crippen molar-refractivity contribution in [3.8, 4) is 11.5 Å². The van der Waals surface area contributed by atoms with Gasteiger partial charge < -0.3 is 9.73 Å². The van der Waals surface area contributed by atoms with Gasteiger partial charge in [-0.25, -0.2) is 0 Å². The van der Waals surface area contributed by atoms with Crippen LogP contribution in [-0.4, -0.2) is 23.3 Å². The highest BCUT2D eigenvalue weighted by molar-refractivity contribution is 9.10. The molecule has 0 aliphatic carbocycles.